The number of amides is 1. The lowest BCUT2D eigenvalue weighted by molar-refractivity contribution is -0.142. The van der Waals surface area contributed by atoms with E-state index in [1.54, 1.807) is 0 Å². The van der Waals surface area contributed by atoms with Crippen LogP contribution in [0.3, 0.4) is 0 Å². The average Bonchev–Trinajstić information content (AvgIpc) is 2.28. The van der Waals surface area contributed by atoms with Crippen LogP contribution in [-0.2, 0) is 4.79 Å². The third-order valence-electron chi connectivity index (χ3n) is 3.64. The number of rotatable bonds is 4. The van der Waals surface area contributed by atoms with Crippen LogP contribution in [0.2, 0.25) is 0 Å². The zero-order valence-corrected chi connectivity index (χ0v) is 10.8. The zero-order chi connectivity index (χ0) is 12.1. The summed E-state index contributed by atoms with van der Waals surface area (Å²) in [6, 6.07) is 0. The maximum absolute atomic E-state index is 11.8. The molecule has 1 fully saturated rings. The molecule has 1 rings (SSSR count). The molecule has 0 aromatic rings. The normalized spacial score (nSPS) is 20.2. The van der Waals surface area contributed by atoms with Gasteiger partial charge in [-0.15, -0.1) is 0 Å². The second kappa shape index (κ2) is 6.24. The standard InChI is InChI=1S/C13H25NO2/c1-4-5-12(15)13(16)14-8-6-11(7-9-14)10(2)3/h10-12,15H,4-9H2,1-3H3/t12-/m1/s1. The Morgan fingerprint density at radius 2 is 1.94 bits per heavy atom. The Hall–Kier alpha value is -0.570. The number of nitrogens with zero attached hydrogens (tertiary/aromatic N) is 1. The highest BCUT2D eigenvalue weighted by molar-refractivity contribution is 5.80. The molecule has 0 aromatic heterocycles. The van der Waals surface area contributed by atoms with Crippen LogP contribution in [0.25, 0.3) is 0 Å². The maximum Gasteiger partial charge on any atom is 0.251 e. The van der Waals surface area contributed by atoms with E-state index in [0.29, 0.717) is 12.3 Å². The van der Waals surface area contributed by atoms with Crippen LogP contribution in [0.5, 0.6) is 0 Å². The first kappa shape index (κ1) is 13.5. The minimum atomic E-state index is -0.777. The Balaban J connectivity index is 2.38. The molecule has 0 bridgehead atoms. The van der Waals surface area contributed by atoms with Crippen molar-refractivity contribution in [2.24, 2.45) is 11.8 Å². The Morgan fingerprint density at radius 1 is 1.38 bits per heavy atom. The van der Waals surface area contributed by atoms with Gasteiger partial charge in [0, 0.05) is 13.1 Å². The fourth-order valence-corrected chi connectivity index (χ4v) is 2.39. The summed E-state index contributed by atoms with van der Waals surface area (Å²) in [5, 5.41) is 9.65. The molecule has 0 saturated carbocycles. The number of aliphatic hydroxyl groups excluding tert-OH is 1. The summed E-state index contributed by atoms with van der Waals surface area (Å²) in [4.78, 5) is 13.7. The van der Waals surface area contributed by atoms with Crippen molar-refractivity contribution in [1.82, 2.24) is 4.90 Å². The quantitative estimate of drug-likeness (QED) is 0.798. The number of carbonyl (C=O) groups is 1. The van der Waals surface area contributed by atoms with Gasteiger partial charge in [0.2, 0.25) is 0 Å². The van der Waals surface area contributed by atoms with Crippen molar-refractivity contribution >= 4 is 5.91 Å². The molecule has 1 atom stereocenters. The predicted molar refractivity (Wildman–Crippen MR) is 65.1 cm³/mol. The van der Waals surface area contributed by atoms with E-state index in [2.05, 4.69) is 13.8 Å². The Morgan fingerprint density at radius 3 is 2.38 bits per heavy atom. The highest BCUT2D eigenvalue weighted by Crippen LogP contribution is 2.24. The molecule has 0 aliphatic carbocycles. The number of piperidine rings is 1. The monoisotopic (exact) mass is 227 g/mol. The summed E-state index contributed by atoms with van der Waals surface area (Å²) in [7, 11) is 0. The fourth-order valence-electron chi connectivity index (χ4n) is 2.39. The molecule has 0 unspecified atom stereocenters. The summed E-state index contributed by atoms with van der Waals surface area (Å²) in [5.41, 5.74) is 0. The summed E-state index contributed by atoms with van der Waals surface area (Å²) < 4.78 is 0. The van der Waals surface area contributed by atoms with E-state index in [9.17, 15) is 9.90 Å². The van der Waals surface area contributed by atoms with E-state index in [-0.39, 0.29) is 5.91 Å². The first-order valence-electron chi connectivity index (χ1n) is 6.53. The molecule has 1 amide bonds. The highest BCUT2D eigenvalue weighted by atomic mass is 16.3. The maximum atomic E-state index is 11.8. The van der Waals surface area contributed by atoms with Crippen molar-refractivity contribution in [2.45, 2.75) is 52.6 Å². The van der Waals surface area contributed by atoms with Gasteiger partial charge < -0.3 is 10.0 Å². The van der Waals surface area contributed by atoms with Gasteiger partial charge >= 0.3 is 0 Å². The van der Waals surface area contributed by atoms with E-state index in [1.165, 1.54) is 0 Å². The third kappa shape index (κ3) is 3.48. The number of aliphatic hydroxyl groups is 1. The second-order valence-corrected chi connectivity index (χ2v) is 5.21. The topological polar surface area (TPSA) is 40.5 Å². The lowest BCUT2D eigenvalue weighted by atomic mass is 9.86. The molecule has 0 radical (unpaired) electrons. The Bertz CT molecular complexity index is 220. The van der Waals surface area contributed by atoms with E-state index < -0.39 is 6.10 Å². The SMILES string of the molecule is CCC[C@@H](O)C(=O)N1CCC(C(C)C)CC1. The van der Waals surface area contributed by atoms with Gasteiger partial charge in [-0.05, 0) is 31.1 Å². The number of likely N-dealkylation sites (tertiary alicyclic amines) is 1. The summed E-state index contributed by atoms with van der Waals surface area (Å²) in [6.07, 6.45) is 2.84. The predicted octanol–water partition coefficient (Wildman–Crippen LogP) is 2.04. The fraction of sp³-hybridized carbons (Fsp3) is 0.923. The van der Waals surface area contributed by atoms with Crippen molar-refractivity contribution in [3.63, 3.8) is 0 Å². The first-order chi connectivity index (χ1) is 7.56. The number of hydrogen-bond acceptors (Lipinski definition) is 2. The Kier molecular flexibility index (Phi) is 5.26. The molecule has 1 saturated heterocycles. The first-order valence-corrected chi connectivity index (χ1v) is 6.53. The minimum absolute atomic E-state index is 0.0657. The molecular weight excluding hydrogens is 202 g/mol. The molecular formula is C13H25NO2. The molecule has 0 spiro atoms. The van der Waals surface area contributed by atoms with Crippen molar-refractivity contribution in [2.75, 3.05) is 13.1 Å². The zero-order valence-electron chi connectivity index (χ0n) is 10.8. The summed E-state index contributed by atoms with van der Waals surface area (Å²) in [6.45, 7) is 8.12. The van der Waals surface area contributed by atoms with Gasteiger partial charge in [-0.1, -0.05) is 27.2 Å². The van der Waals surface area contributed by atoms with Gasteiger partial charge in [0.1, 0.15) is 6.10 Å². The van der Waals surface area contributed by atoms with Crippen LogP contribution in [0, 0.1) is 11.8 Å². The second-order valence-electron chi connectivity index (χ2n) is 5.21. The molecule has 1 aliphatic rings. The van der Waals surface area contributed by atoms with Crippen LogP contribution < -0.4 is 0 Å². The van der Waals surface area contributed by atoms with Crippen LogP contribution in [0.4, 0.5) is 0 Å². The van der Waals surface area contributed by atoms with E-state index >= 15 is 0 Å². The van der Waals surface area contributed by atoms with Crippen LogP contribution in [0.15, 0.2) is 0 Å². The van der Waals surface area contributed by atoms with Gasteiger partial charge in [-0.3, -0.25) is 4.79 Å². The molecule has 1 N–H and O–H groups in total. The molecule has 3 nitrogen and oxygen atoms in total. The van der Waals surface area contributed by atoms with E-state index in [0.717, 1.165) is 38.3 Å². The van der Waals surface area contributed by atoms with Gasteiger partial charge in [0.25, 0.3) is 5.91 Å². The lowest BCUT2D eigenvalue weighted by Gasteiger charge is -2.34. The van der Waals surface area contributed by atoms with Gasteiger partial charge in [-0.2, -0.15) is 0 Å². The van der Waals surface area contributed by atoms with Crippen LogP contribution >= 0.6 is 0 Å². The van der Waals surface area contributed by atoms with Gasteiger partial charge in [0.05, 0.1) is 0 Å². The molecule has 16 heavy (non-hydrogen) atoms. The molecule has 1 aliphatic heterocycles. The lowest BCUT2D eigenvalue weighted by Crippen LogP contribution is -2.44. The average molecular weight is 227 g/mol. The number of carbonyl (C=O) groups excluding carboxylic acids is 1. The number of hydrogen-bond donors (Lipinski definition) is 1. The van der Waals surface area contributed by atoms with Crippen molar-refractivity contribution in [1.29, 1.82) is 0 Å². The van der Waals surface area contributed by atoms with Gasteiger partial charge in [-0.25, -0.2) is 0 Å². The molecule has 94 valence electrons. The van der Waals surface area contributed by atoms with Crippen LogP contribution in [-0.4, -0.2) is 35.1 Å². The molecule has 3 heteroatoms. The minimum Gasteiger partial charge on any atom is -0.383 e. The largest absolute Gasteiger partial charge is 0.383 e. The van der Waals surface area contributed by atoms with Crippen LogP contribution in [0.1, 0.15) is 46.5 Å². The summed E-state index contributed by atoms with van der Waals surface area (Å²) in [5.74, 6) is 1.38. The van der Waals surface area contributed by atoms with Crippen molar-refractivity contribution in [3.05, 3.63) is 0 Å². The van der Waals surface area contributed by atoms with Crippen molar-refractivity contribution < 1.29 is 9.90 Å². The third-order valence-corrected chi connectivity index (χ3v) is 3.64. The molecule has 1 heterocycles. The Labute approximate surface area is 98.8 Å². The smallest absolute Gasteiger partial charge is 0.251 e. The van der Waals surface area contributed by atoms with E-state index in [4.69, 9.17) is 0 Å². The highest BCUT2D eigenvalue weighted by Gasteiger charge is 2.27. The van der Waals surface area contributed by atoms with Crippen molar-refractivity contribution in [3.8, 4) is 0 Å². The van der Waals surface area contributed by atoms with E-state index in [1.807, 2.05) is 11.8 Å². The van der Waals surface area contributed by atoms with Gasteiger partial charge in [0.15, 0.2) is 0 Å². The molecule has 0 aromatic carbocycles. The summed E-state index contributed by atoms with van der Waals surface area (Å²) >= 11 is 0.